The molecule has 0 atom stereocenters. The fourth-order valence-corrected chi connectivity index (χ4v) is 3.07. The summed E-state index contributed by atoms with van der Waals surface area (Å²) in [5.74, 6) is 0.437. The Morgan fingerprint density at radius 3 is 1.74 bits per heavy atom. The van der Waals surface area contributed by atoms with Crippen LogP contribution in [0.1, 0.15) is 44.9 Å². The van der Waals surface area contributed by atoms with Gasteiger partial charge in [-0.2, -0.15) is 0 Å². The van der Waals surface area contributed by atoms with E-state index in [2.05, 4.69) is 19.0 Å². The van der Waals surface area contributed by atoms with E-state index in [0.717, 1.165) is 25.8 Å². The van der Waals surface area contributed by atoms with E-state index < -0.39 is 9.05 Å². The van der Waals surface area contributed by atoms with Gasteiger partial charge in [0.05, 0.1) is 9.05 Å². The third-order valence-corrected chi connectivity index (χ3v) is 4.59. The molecule has 104 valence electrons. The molecule has 0 amide bonds. The van der Waals surface area contributed by atoms with Crippen molar-refractivity contribution in [3.63, 3.8) is 0 Å². The minimum Gasteiger partial charge on any atom is -0.746 e. The van der Waals surface area contributed by atoms with Crippen LogP contribution in [0.15, 0.2) is 0 Å². The molecule has 0 aliphatic rings. The summed E-state index contributed by atoms with van der Waals surface area (Å²) >= 11 is 0. The molecular formula is C11H24NNa2O3S2+. The van der Waals surface area contributed by atoms with Gasteiger partial charge in [-0.05, 0) is 33.5 Å². The number of rotatable bonds is 10. The largest absolute Gasteiger partial charge is 1.00 e. The fraction of sp³-hybridized carbons (Fsp3) is 1.00. The molecule has 0 saturated carbocycles. The SMILES string of the molecule is CN(C)CCCCCCCCC[S+]=S(=O)([O-])[O-].[Na+].[Na+]. The Labute approximate surface area is 166 Å². The van der Waals surface area contributed by atoms with Crippen LogP contribution in [0.3, 0.4) is 0 Å². The van der Waals surface area contributed by atoms with Gasteiger partial charge in [0.1, 0.15) is 0 Å². The van der Waals surface area contributed by atoms with Gasteiger partial charge in [0.25, 0.3) is 0 Å². The maximum atomic E-state index is 10.3. The van der Waals surface area contributed by atoms with Crippen LogP contribution in [0.5, 0.6) is 0 Å². The van der Waals surface area contributed by atoms with Gasteiger partial charge in [0, 0.05) is 6.42 Å². The van der Waals surface area contributed by atoms with Crippen molar-refractivity contribution in [2.75, 3.05) is 26.4 Å². The second kappa shape index (κ2) is 16.6. The van der Waals surface area contributed by atoms with Crippen LogP contribution in [-0.2, 0) is 19.4 Å². The van der Waals surface area contributed by atoms with Gasteiger partial charge in [-0.3, -0.25) is 0 Å². The standard InChI is InChI=1S/C11H25NO3S2.2Na/c1-12(2)10-8-6-4-3-5-7-9-11-16-17(13,14)15;;/h3-11H2,1-2H3,(H-,13,14,15);;/q;2*+1/p-1. The number of unbranched alkanes of at least 4 members (excludes halogenated alkanes) is 6. The topological polar surface area (TPSA) is 66.4 Å². The van der Waals surface area contributed by atoms with Gasteiger partial charge in [-0.1, -0.05) is 25.7 Å². The third-order valence-electron chi connectivity index (χ3n) is 2.48. The van der Waals surface area contributed by atoms with E-state index in [9.17, 15) is 13.3 Å². The summed E-state index contributed by atoms with van der Waals surface area (Å²) in [4.78, 5) is 2.20. The van der Waals surface area contributed by atoms with Gasteiger partial charge in [-0.15, -0.1) is 0 Å². The fourth-order valence-electron chi connectivity index (χ4n) is 1.57. The second-order valence-electron chi connectivity index (χ2n) is 4.51. The third kappa shape index (κ3) is 25.5. The van der Waals surface area contributed by atoms with Crippen molar-refractivity contribution in [3.8, 4) is 0 Å². The molecule has 0 bridgehead atoms. The Morgan fingerprint density at radius 1 is 0.895 bits per heavy atom. The zero-order chi connectivity index (χ0) is 13.1. The Balaban J connectivity index is -0.00000128. The van der Waals surface area contributed by atoms with Crippen molar-refractivity contribution in [1.82, 2.24) is 4.90 Å². The molecular weight excluding hydrogens is 304 g/mol. The molecule has 0 fully saturated rings. The monoisotopic (exact) mass is 328 g/mol. The molecule has 4 nitrogen and oxygen atoms in total. The Morgan fingerprint density at radius 2 is 1.32 bits per heavy atom. The first-order valence-electron chi connectivity index (χ1n) is 6.17. The molecule has 0 aromatic carbocycles. The van der Waals surface area contributed by atoms with Crippen LogP contribution >= 0.6 is 0 Å². The van der Waals surface area contributed by atoms with Crippen molar-refractivity contribution in [3.05, 3.63) is 0 Å². The average molecular weight is 328 g/mol. The van der Waals surface area contributed by atoms with Gasteiger partial charge in [-0.25, -0.2) is 4.21 Å². The van der Waals surface area contributed by atoms with E-state index in [1.54, 1.807) is 0 Å². The summed E-state index contributed by atoms with van der Waals surface area (Å²) in [5.41, 5.74) is 0. The first kappa shape index (κ1) is 26.2. The normalized spacial score (nSPS) is 10.8. The van der Waals surface area contributed by atoms with Crippen LogP contribution < -0.4 is 59.1 Å². The molecule has 0 aromatic rings. The number of hydrogen-bond donors (Lipinski definition) is 0. The Hall–Kier alpha value is 2.25. The minimum atomic E-state index is -4.08. The van der Waals surface area contributed by atoms with Crippen LogP contribution in [0.25, 0.3) is 0 Å². The summed E-state index contributed by atoms with van der Waals surface area (Å²) in [6, 6.07) is 0. The van der Waals surface area contributed by atoms with Crippen molar-refractivity contribution in [2.24, 2.45) is 0 Å². The molecule has 0 aromatic heterocycles. The first-order chi connectivity index (χ1) is 7.92. The van der Waals surface area contributed by atoms with Crippen molar-refractivity contribution in [1.29, 1.82) is 0 Å². The van der Waals surface area contributed by atoms with Crippen LogP contribution in [-0.4, -0.2) is 44.6 Å². The van der Waals surface area contributed by atoms with Crippen molar-refractivity contribution >= 4 is 19.4 Å². The molecule has 0 N–H and O–H groups in total. The molecule has 0 heterocycles. The first-order valence-corrected chi connectivity index (χ1v) is 9.08. The van der Waals surface area contributed by atoms with E-state index >= 15 is 0 Å². The molecule has 0 rings (SSSR count). The minimum absolute atomic E-state index is 0. The number of hydrogen-bond acceptors (Lipinski definition) is 4. The van der Waals surface area contributed by atoms with Gasteiger partial charge in [0.2, 0.25) is 10.3 Å². The van der Waals surface area contributed by atoms with Crippen molar-refractivity contribution in [2.45, 2.75) is 44.9 Å². The molecule has 0 spiro atoms. The molecule has 19 heavy (non-hydrogen) atoms. The van der Waals surface area contributed by atoms with Crippen LogP contribution in [0, 0.1) is 0 Å². The predicted molar refractivity (Wildman–Crippen MR) is 72.8 cm³/mol. The summed E-state index contributed by atoms with van der Waals surface area (Å²) in [5, 5.41) is 0. The zero-order valence-corrected chi connectivity index (χ0v) is 18.5. The molecule has 0 saturated heterocycles. The average Bonchev–Trinajstić information content (AvgIpc) is 2.18. The number of nitrogens with zero attached hydrogens (tertiary/aromatic N) is 1. The van der Waals surface area contributed by atoms with E-state index in [1.165, 1.54) is 25.7 Å². The zero-order valence-electron chi connectivity index (χ0n) is 12.9. The molecule has 0 radical (unpaired) electrons. The van der Waals surface area contributed by atoms with Gasteiger partial charge < -0.3 is 14.0 Å². The van der Waals surface area contributed by atoms with E-state index in [4.69, 9.17) is 0 Å². The van der Waals surface area contributed by atoms with Crippen LogP contribution in [0.4, 0.5) is 0 Å². The molecule has 0 aliphatic heterocycles. The maximum absolute atomic E-state index is 10.3. The van der Waals surface area contributed by atoms with Gasteiger partial charge >= 0.3 is 59.1 Å². The molecule has 8 heteroatoms. The molecule has 0 unspecified atom stereocenters. The summed E-state index contributed by atoms with van der Waals surface area (Å²) in [6.07, 6.45) is 7.96. The van der Waals surface area contributed by atoms with E-state index in [-0.39, 0.29) is 59.1 Å². The summed E-state index contributed by atoms with van der Waals surface area (Å²) < 4.78 is 30.9. The van der Waals surface area contributed by atoms with Gasteiger partial charge in [0.15, 0.2) is 5.75 Å². The summed E-state index contributed by atoms with van der Waals surface area (Å²) in [7, 11) is 0.615. The predicted octanol–water partition coefficient (Wildman–Crippen LogP) is -4.17. The maximum Gasteiger partial charge on any atom is 1.00 e. The summed E-state index contributed by atoms with van der Waals surface area (Å²) in [6.45, 7) is 1.15. The smallest absolute Gasteiger partial charge is 0.746 e. The van der Waals surface area contributed by atoms with Crippen LogP contribution in [0.2, 0.25) is 0 Å². The Bertz CT molecular complexity index is 288. The van der Waals surface area contributed by atoms with Crippen molar-refractivity contribution < 1.29 is 72.4 Å². The van der Waals surface area contributed by atoms with E-state index in [1.807, 2.05) is 0 Å². The quantitative estimate of drug-likeness (QED) is 0.232. The Kier molecular flexibility index (Phi) is 22.9. The second-order valence-corrected chi connectivity index (χ2v) is 7.90. The van der Waals surface area contributed by atoms with E-state index in [0.29, 0.717) is 16.1 Å². The molecule has 0 aliphatic carbocycles.